The molecular formula is C15H25N3O3. The summed E-state index contributed by atoms with van der Waals surface area (Å²) in [7, 11) is 5.07. The van der Waals surface area contributed by atoms with Gasteiger partial charge in [0.05, 0.1) is 26.9 Å². The van der Waals surface area contributed by atoms with Crippen molar-refractivity contribution >= 4 is 5.96 Å². The number of methoxy groups -OCH3 is 2. The van der Waals surface area contributed by atoms with Gasteiger partial charge in [-0.1, -0.05) is 18.2 Å². The van der Waals surface area contributed by atoms with Crippen molar-refractivity contribution in [1.29, 1.82) is 0 Å². The van der Waals surface area contributed by atoms with Crippen molar-refractivity contribution in [3.8, 4) is 5.75 Å². The van der Waals surface area contributed by atoms with Gasteiger partial charge in [0.25, 0.3) is 0 Å². The van der Waals surface area contributed by atoms with Crippen LogP contribution in [-0.2, 0) is 16.1 Å². The normalized spacial score (nSPS) is 11.3. The lowest BCUT2D eigenvalue weighted by Gasteiger charge is -2.12. The molecule has 118 valence electrons. The summed E-state index contributed by atoms with van der Waals surface area (Å²) in [5.41, 5.74) is 1.04. The van der Waals surface area contributed by atoms with Gasteiger partial charge >= 0.3 is 0 Å². The Kier molecular flexibility index (Phi) is 8.99. The van der Waals surface area contributed by atoms with Crippen LogP contribution in [0.4, 0.5) is 0 Å². The van der Waals surface area contributed by atoms with Crippen LogP contribution in [0.2, 0.25) is 0 Å². The van der Waals surface area contributed by atoms with Crippen molar-refractivity contribution in [2.45, 2.75) is 6.61 Å². The molecule has 21 heavy (non-hydrogen) atoms. The third-order valence-corrected chi connectivity index (χ3v) is 2.81. The van der Waals surface area contributed by atoms with Crippen molar-refractivity contribution in [2.24, 2.45) is 4.99 Å². The molecular weight excluding hydrogens is 270 g/mol. The van der Waals surface area contributed by atoms with E-state index < -0.39 is 0 Å². The van der Waals surface area contributed by atoms with Crippen molar-refractivity contribution < 1.29 is 14.2 Å². The average molecular weight is 295 g/mol. The minimum Gasteiger partial charge on any atom is -0.496 e. The molecule has 0 aliphatic rings. The molecule has 2 N–H and O–H groups in total. The van der Waals surface area contributed by atoms with Crippen molar-refractivity contribution in [3.05, 3.63) is 29.8 Å². The lowest BCUT2D eigenvalue weighted by Crippen LogP contribution is -2.40. The Morgan fingerprint density at radius 3 is 2.48 bits per heavy atom. The zero-order valence-corrected chi connectivity index (χ0v) is 13.0. The summed E-state index contributed by atoms with van der Waals surface area (Å²) in [6.45, 7) is 3.16. The molecule has 0 spiro atoms. The zero-order chi connectivity index (χ0) is 15.3. The highest BCUT2D eigenvalue weighted by Gasteiger charge is 2.01. The molecule has 0 aliphatic heterocycles. The molecule has 0 atom stereocenters. The van der Waals surface area contributed by atoms with Gasteiger partial charge in [0.15, 0.2) is 5.96 Å². The van der Waals surface area contributed by atoms with Gasteiger partial charge < -0.3 is 24.8 Å². The maximum Gasteiger partial charge on any atom is 0.191 e. The Bertz CT molecular complexity index is 424. The number of hydrogen-bond donors (Lipinski definition) is 2. The highest BCUT2D eigenvalue weighted by molar-refractivity contribution is 5.79. The monoisotopic (exact) mass is 295 g/mol. The molecule has 0 amide bonds. The van der Waals surface area contributed by atoms with Gasteiger partial charge in [0.1, 0.15) is 5.75 Å². The first kappa shape index (κ1) is 17.3. The maximum absolute atomic E-state index is 5.63. The van der Waals surface area contributed by atoms with E-state index in [1.165, 1.54) is 0 Å². The Hall–Kier alpha value is -1.79. The molecule has 6 nitrogen and oxygen atoms in total. The number of ether oxygens (including phenoxy) is 3. The van der Waals surface area contributed by atoms with Gasteiger partial charge in [0, 0.05) is 32.8 Å². The standard InChI is InChI=1S/C15H25N3O3/c1-16-15(17-8-10-19-2)18-9-11-21-12-13-6-4-5-7-14(13)20-3/h4-7H,8-12H2,1-3H3,(H2,16,17,18). The van der Waals surface area contributed by atoms with Crippen LogP contribution < -0.4 is 15.4 Å². The van der Waals surface area contributed by atoms with Crippen LogP contribution in [-0.4, -0.2) is 53.5 Å². The highest BCUT2D eigenvalue weighted by atomic mass is 16.5. The molecule has 0 aromatic heterocycles. The lowest BCUT2D eigenvalue weighted by molar-refractivity contribution is 0.123. The molecule has 0 aliphatic carbocycles. The summed E-state index contributed by atoms with van der Waals surface area (Å²) in [5.74, 6) is 1.59. The third-order valence-electron chi connectivity index (χ3n) is 2.81. The summed E-state index contributed by atoms with van der Waals surface area (Å²) >= 11 is 0. The summed E-state index contributed by atoms with van der Waals surface area (Å²) in [6.07, 6.45) is 0. The maximum atomic E-state index is 5.63. The van der Waals surface area contributed by atoms with Crippen molar-refractivity contribution in [2.75, 3.05) is 47.6 Å². The minimum absolute atomic E-state index is 0.529. The fraction of sp³-hybridized carbons (Fsp3) is 0.533. The number of guanidine groups is 1. The second kappa shape index (κ2) is 10.9. The van der Waals surface area contributed by atoms with E-state index in [1.807, 2.05) is 24.3 Å². The minimum atomic E-state index is 0.529. The second-order valence-corrected chi connectivity index (χ2v) is 4.28. The summed E-state index contributed by atoms with van der Waals surface area (Å²) in [5, 5.41) is 6.31. The topological polar surface area (TPSA) is 64.1 Å². The van der Waals surface area contributed by atoms with Crippen LogP contribution in [0.3, 0.4) is 0 Å². The number of nitrogens with one attached hydrogen (secondary N) is 2. The van der Waals surface area contributed by atoms with Gasteiger partial charge in [-0.2, -0.15) is 0 Å². The molecule has 1 aromatic carbocycles. The van der Waals surface area contributed by atoms with Crippen LogP contribution in [0.5, 0.6) is 5.75 Å². The van der Waals surface area contributed by atoms with Crippen LogP contribution in [0.25, 0.3) is 0 Å². The molecule has 1 rings (SSSR count). The Balaban J connectivity index is 2.19. The first-order chi connectivity index (χ1) is 10.3. The number of para-hydroxylation sites is 1. The van der Waals surface area contributed by atoms with Gasteiger partial charge in [-0.15, -0.1) is 0 Å². The smallest absolute Gasteiger partial charge is 0.191 e. The molecule has 0 unspecified atom stereocenters. The van der Waals surface area contributed by atoms with Crippen LogP contribution in [0.15, 0.2) is 29.3 Å². The van der Waals surface area contributed by atoms with E-state index in [4.69, 9.17) is 14.2 Å². The van der Waals surface area contributed by atoms with Gasteiger partial charge in [-0.05, 0) is 6.07 Å². The second-order valence-electron chi connectivity index (χ2n) is 4.28. The third kappa shape index (κ3) is 6.97. The highest BCUT2D eigenvalue weighted by Crippen LogP contribution is 2.17. The van der Waals surface area contributed by atoms with Gasteiger partial charge in [-0.3, -0.25) is 4.99 Å². The predicted molar refractivity (Wildman–Crippen MR) is 83.9 cm³/mol. The summed E-state index contributed by atoms with van der Waals surface area (Å²) in [6, 6.07) is 7.84. The fourth-order valence-electron chi connectivity index (χ4n) is 1.74. The van der Waals surface area contributed by atoms with E-state index in [1.54, 1.807) is 21.3 Å². The van der Waals surface area contributed by atoms with Gasteiger partial charge in [0.2, 0.25) is 0 Å². The Morgan fingerprint density at radius 1 is 1.10 bits per heavy atom. The number of rotatable bonds is 9. The van der Waals surface area contributed by atoms with Crippen molar-refractivity contribution in [3.63, 3.8) is 0 Å². The first-order valence-electron chi connectivity index (χ1n) is 6.95. The Labute approximate surface area is 126 Å². The van der Waals surface area contributed by atoms with E-state index in [-0.39, 0.29) is 0 Å². The molecule has 1 aromatic rings. The fourth-order valence-corrected chi connectivity index (χ4v) is 1.74. The first-order valence-corrected chi connectivity index (χ1v) is 6.95. The zero-order valence-electron chi connectivity index (χ0n) is 13.0. The average Bonchev–Trinajstić information content (AvgIpc) is 2.53. The molecule has 0 heterocycles. The molecule has 6 heteroatoms. The van der Waals surface area contributed by atoms with E-state index in [0.717, 1.165) is 23.8 Å². The predicted octanol–water partition coefficient (Wildman–Crippen LogP) is 1.02. The number of aliphatic imine (C=N–C) groups is 1. The van der Waals surface area contributed by atoms with Gasteiger partial charge in [-0.25, -0.2) is 0 Å². The SMILES string of the molecule is CN=C(NCCOC)NCCOCc1ccccc1OC. The lowest BCUT2D eigenvalue weighted by atomic mass is 10.2. The number of nitrogens with zero attached hydrogens (tertiary/aromatic N) is 1. The molecule has 0 fully saturated rings. The molecule has 0 saturated carbocycles. The number of benzene rings is 1. The van der Waals surface area contributed by atoms with Crippen LogP contribution in [0, 0.1) is 0 Å². The summed E-state index contributed by atoms with van der Waals surface area (Å²) < 4.78 is 15.9. The molecule has 0 bridgehead atoms. The van der Waals surface area contributed by atoms with E-state index >= 15 is 0 Å². The number of hydrogen-bond acceptors (Lipinski definition) is 4. The quantitative estimate of drug-likeness (QED) is 0.405. The molecule has 0 radical (unpaired) electrons. The summed E-state index contributed by atoms with van der Waals surface area (Å²) in [4.78, 5) is 4.11. The Morgan fingerprint density at radius 2 is 1.81 bits per heavy atom. The van der Waals surface area contributed by atoms with E-state index in [2.05, 4.69) is 15.6 Å². The van der Waals surface area contributed by atoms with Crippen molar-refractivity contribution in [1.82, 2.24) is 10.6 Å². The van der Waals surface area contributed by atoms with E-state index in [9.17, 15) is 0 Å². The largest absolute Gasteiger partial charge is 0.496 e. The van der Waals surface area contributed by atoms with Crippen LogP contribution in [0.1, 0.15) is 5.56 Å². The molecule has 0 saturated heterocycles. The van der Waals surface area contributed by atoms with E-state index in [0.29, 0.717) is 26.4 Å². The van der Waals surface area contributed by atoms with Crippen LogP contribution >= 0.6 is 0 Å².